The summed E-state index contributed by atoms with van der Waals surface area (Å²) in [7, 11) is 1.50. The number of aromatic nitrogens is 1. The molecule has 3 N–H and O–H groups in total. The Balaban J connectivity index is 2.38. The van der Waals surface area contributed by atoms with Crippen LogP contribution in [0.4, 0.5) is 0 Å². The summed E-state index contributed by atoms with van der Waals surface area (Å²) in [6.07, 6.45) is 0. The van der Waals surface area contributed by atoms with Crippen LogP contribution in [0.2, 0.25) is 0 Å². The lowest BCUT2D eigenvalue weighted by Crippen LogP contribution is -2.38. The summed E-state index contributed by atoms with van der Waals surface area (Å²) < 4.78 is 9.14. The zero-order valence-corrected chi connectivity index (χ0v) is 10.1. The molecule has 0 fully saturated rings. The number of carbonyl (C=O) groups is 3. The summed E-state index contributed by atoms with van der Waals surface area (Å²) in [6, 6.07) is 0.973. The first-order chi connectivity index (χ1) is 9.04. The highest BCUT2D eigenvalue weighted by molar-refractivity contribution is 5.96. The zero-order valence-electron chi connectivity index (χ0n) is 10.1. The molecule has 19 heavy (non-hydrogen) atoms. The van der Waals surface area contributed by atoms with Crippen LogP contribution >= 0.6 is 0 Å². The Labute approximate surface area is 107 Å². The number of nitrogens with zero attached hydrogens (tertiary/aromatic N) is 1. The minimum absolute atomic E-state index is 0.206. The molecule has 9 nitrogen and oxygen atoms in total. The molecule has 1 aromatic rings. The molecule has 0 atom stereocenters. The molecule has 104 valence electrons. The zero-order chi connectivity index (χ0) is 14.3. The number of carboxylic acid groups (broad SMARTS) is 1. The number of methoxy groups -OCH3 is 1. The van der Waals surface area contributed by atoms with Crippen molar-refractivity contribution in [1.29, 1.82) is 0 Å². The average molecular weight is 271 g/mol. The third-order valence-electron chi connectivity index (χ3n) is 1.99. The quantitative estimate of drug-likeness (QED) is 0.534. The molecule has 0 saturated heterocycles. The largest absolute Gasteiger partial charge is 0.475 e. The van der Waals surface area contributed by atoms with Crippen molar-refractivity contribution in [3.63, 3.8) is 0 Å². The van der Waals surface area contributed by atoms with E-state index in [1.54, 1.807) is 0 Å². The highest BCUT2D eigenvalue weighted by Gasteiger charge is 2.16. The van der Waals surface area contributed by atoms with Crippen LogP contribution in [0.1, 0.15) is 21.0 Å². The fraction of sp³-hybridized carbons (Fsp3) is 0.400. The van der Waals surface area contributed by atoms with Crippen molar-refractivity contribution >= 4 is 17.8 Å². The number of carbonyl (C=O) groups excluding carboxylic acids is 2. The van der Waals surface area contributed by atoms with Gasteiger partial charge in [0.15, 0.2) is 5.69 Å². The van der Waals surface area contributed by atoms with Crippen LogP contribution in [0.3, 0.4) is 0 Å². The topological polar surface area (TPSA) is 131 Å². The first-order valence-corrected chi connectivity index (χ1v) is 5.28. The highest BCUT2D eigenvalue weighted by atomic mass is 16.5. The molecule has 0 saturated carbocycles. The summed E-state index contributed by atoms with van der Waals surface area (Å²) in [6.45, 7) is 0.446. The van der Waals surface area contributed by atoms with E-state index >= 15 is 0 Å². The molecular weight excluding hydrogens is 258 g/mol. The molecule has 0 aliphatic rings. The normalized spacial score (nSPS) is 9.95. The van der Waals surface area contributed by atoms with Gasteiger partial charge in [0.25, 0.3) is 5.91 Å². The molecule has 1 rings (SSSR count). The van der Waals surface area contributed by atoms with Crippen LogP contribution in [0.25, 0.3) is 0 Å². The van der Waals surface area contributed by atoms with E-state index in [0.717, 1.165) is 6.07 Å². The number of ether oxygens (including phenoxy) is 1. The Morgan fingerprint density at radius 3 is 2.74 bits per heavy atom. The van der Waals surface area contributed by atoms with Gasteiger partial charge in [-0.15, -0.1) is 0 Å². The summed E-state index contributed by atoms with van der Waals surface area (Å²) in [5.74, 6) is -2.87. The van der Waals surface area contributed by atoms with Gasteiger partial charge in [-0.3, -0.25) is 9.59 Å². The lowest BCUT2D eigenvalue weighted by molar-refractivity contribution is -0.120. The number of hydrogen-bond donors (Lipinski definition) is 3. The van der Waals surface area contributed by atoms with Gasteiger partial charge in [-0.2, -0.15) is 0 Å². The molecule has 0 radical (unpaired) electrons. The van der Waals surface area contributed by atoms with Crippen molar-refractivity contribution in [3.8, 4) is 0 Å². The van der Waals surface area contributed by atoms with E-state index in [0.29, 0.717) is 13.2 Å². The maximum atomic E-state index is 11.5. The SMILES string of the molecule is COCCNC(=O)CNC(=O)c1cc(C(=O)O)on1. The van der Waals surface area contributed by atoms with Gasteiger partial charge in [-0.25, -0.2) is 4.79 Å². The fourth-order valence-corrected chi connectivity index (χ4v) is 1.09. The lowest BCUT2D eigenvalue weighted by atomic mass is 10.3. The van der Waals surface area contributed by atoms with Crippen molar-refractivity contribution in [1.82, 2.24) is 15.8 Å². The number of nitrogens with one attached hydrogen (secondary N) is 2. The van der Waals surface area contributed by atoms with E-state index in [4.69, 9.17) is 9.84 Å². The highest BCUT2D eigenvalue weighted by Crippen LogP contribution is 2.02. The molecule has 0 aromatic carbocycles. The molecule has 0 aliphatic heterocycles. The number of amides is 2. The number of aromatic carboxylic acids is 1. The van der Waals surface area contributed by atoms with Crippen molar-refractivity contribution in [2.75, 3.05) is 26.8 Å². The van der Waals surface area contributed by atoms with Gasteiger partial charge < -0.3 is 25.0 Å². The second-order valence-electron chi connectivity index (χ2n) is 3.41. The van der Waals surface area contributed by atoms with Crippen molar-refractivity contribution in [2.24, 2.45) is 0 Å². The average Bonchev–Trinajstić information content (AvgIpc) is 2.86. The predicted molar refractivity (Wildman–Crippen MR) is 60.7 cm³/mol. The van der Waals surface area contributed by atoms with E-state index in [9.17, 15) is 14.4 Å². The van der Waals surface area contributed by atoms with Gasteiger partial charge >= 0.3 is 5.97 Å². The Morgan fingerprint density at radius 2 is 2.16 bits per heavy atom. The van der Waals surface area contributed by atoms with Gasteiger partial charge in [-0.1, -0.05) is 5.16 Å². The summed E-state index contributed by atoms with van der Waals surface area (Å²) in [5, 5.41) is 16.6. The smallest absolute Gasteiger partial charge is 0.374 e. The van der Waals surface area contributed by atoms with Gasteiger partial charge in [-0.05, 0) is 0 Å². The summed E-state index contributed by atoms with van der Waals surface area (Å²) in [5.41, 5.74) is -0.206. The van der Waals surface area contributed by atoms with Gasteiger partial charge in [0.2, 0.25) is 11.7 Å². The molecule has 1 heterocycles. The van der Waals surface area contributed by atoms with Gasteiger partial charge in [0.1, 0.15) is 0 Å². The Kier molecular flexibility index (Phi) is 5.48. The molecule has 0 spiro atoms. The molecule has 1 aromatic heterocycles. The minimum Gasteiger partial charge on any atom is -0.475 e. The van der Waals surface area contributed by atoms with Crippen molar-refractivity contribution < 1.29 is 28.8 Å². The van der Waals surface area contributed by atoms with Crippen LogP contribution in [-0.2, 0) is 9.53 Å². The van der Waals surface area contributed by atoms with Crippen LogP contribution in [0.5, 0.6) is 0 Å². The Hall–Kier alpha value is -2.42. The van der Waals surface area contributed by atoms with Gasteiger partial charge in [0.05, 0.1) is 13.2 Å². The molecule has 9 heteroatoms. The maximum Gasteiger partial charge on any atom is 0.374 e. The second kappa shape index (κ2) is 7.11. The number of carboxylic acids is 1. The number of hydrogen-bond acceptors (Lipinski definition) is 6. The van der Waals surface area contributed by atoms with Crippen LogP contribution in [0.15, 0.2) is 10.6 Å². The maximum absolute atomic E-state index is 11.5. The Morgan fingerprint density at radius 1 is 1.42 bits per heavy atom. The van der Waals surface area contributed by atoms with Gasteiger partial charge in [0, 0.05) is 19.7 Å². The molecule has 0 unspecified atom stereocenters. The molecule has 2 amide bonds. The van der Waals surface area contributed by atoms with Crippen LogP contribution < -0.4 is 10.6 Å². The molecule has 0 bridgehead atoms. The second-order valence-corrected chi connectivity index (χ2v) is 3.41. The van der Waals surface area contributed by atoms with Crippen molar-refractivity contribution in [2.45, 2.75) is 0 Å². The monoisotopic (exact) mass is 271 g/mol. The first-order valence-electron chi connectivity index (χ1n) is 5.28. The lowest BCUT2D eigenvalue weighted by Gasteiger charge is -2.04. The first kappa shape index (κ1) is 14.6. The Bertz CT molecular complexity index is 470. The van der Waals surface area contributed by atoms with E-state index in [-0.39, 0.29) is 12.2 Å². The summed E-state index contributed by atoms with van der Waals surface area (Å²) in [4.78, 5) is 33.2. The summed E-state index contributed by atoms with van der Waals surface area (Å²) >= 11 is 0. The van der Waals surface area contributed by atoms with E-state index in [1.807, 2.05) is 0 Å². The van der Waals surface area contributed by atoms with Crippen molar-refractivity contribution in [3.05, 3.63) is 17.5 Å². The molecule has 0 aliphatic carbocycles. The third kappa shape index (κ3) is 4.76. The van der Waals surface area contributed by atoms with Crippen LogP contribution in [0, 0.1) is 0 Å². The van der Waals surface area contributed by atoms with E-state index in [2.05, 4.69) is 20.3 Å². The molecular formula is C10H13N3O6. The number of rotatable bonds is 7. The standard InChI is InChI=1S/C10H13N3O6/c1-18-3-2-11-8(14)5-12-9(15)6-4-7(10(16)17)19-13-6/h4H,2-3,5H2,1H3,(H,11,14)(H,12,15)(H,16,17). The predicted octanol–water partition coefficient (Wildman–Crippen LogP) is -1.13. The van der Waals surface area contributed by atoms with E-state index in [1.165, 1.54) is 7.11 Å². The third-order valence-corrected chi connectivity index (χ3v) is 1.99. The minimum atomic E-state index is -1.33. The van der Waals surface area contributed by atoms with E-state index < -0.39 is 23.5 Å². The van der Waals surface area contributed by atoms with Crippen LogP contribution in [-0.4, -0.2) is 54.9 Å². The fourth-order valence-electron chi connectivity index (χ4n) is 1.09.